The summed E-state index contributed by atoms with van der Waals surface area (Å²) in [6.45, 7) is 4.38. The number of carbonyl (C=O) groups is 1. The first-order valence-electron chi connectivity index (χ1n) is 10.2. The lowest BCUT2D eigenvalue weighted by atomic mass is 9.76. The molecular formula is C21H26N6O3. The highest BCUT2D eigenvalue weighted by molar-refractivity contribution is 5.92. The van der Waals surface area contributed by atoms with Crippen molar-refractivity contribution in [3.8, 4) is 11.5 Å². The number of aryl methyl sites for hydroxylation is 1. The standard InChI is InChI=1S/C21H26N6O3/c1-3-27-17(7-12-23-27)19(28)26-13-4-8-21(15-26,9-14-29-2)20-24-18(30-25-20)16-5-10-22-11-6-16/h5-7,10-12H,3-4,8-9,13-15H2,1-2H3. The molecule has 1 fully saturated rings. The lowest BCUT2D eigenvalue weighted by Crippen LogP contribution is -2.50. The van der Waals surface area contributed by atoms with Gasteiger partial charge in [-0.05, 0) is 44.4 Å². The summed E-state index contributed by atoms with van der Waals surface area (Å²) in [5.41, 5.74) is 1.00. The Kier molecular flexibility index (Phi) is 5.89. The molecule has 9 heteroatoms. The Labute approximate surface area is 175 Å². The van der Waals surface area contributed by atoms with Crippen LogP contribution in [-0.4, -0.2) is 62.5 Å². The van der Waals surface area contributed by atoms with Gasteiger partial charge in [-0.1, -0.05) is 5.16 Å². The van der Waals surface area contributed by atoms with E-state index in [9.17, 15) is 4.79 Å². The molecule has 3 aromatic rings. The molecule has 0 N–H and O–H groups in total. The third kappa shape index (κ3) is 3.85. The molecule has 0 bridgehead atoms. The fourth-order valence-corrected chi connectivity index (χ4v) is 4.08. The second-order valence-corrected chi connectivity index (χ2v) is 7.54. The van der Waals surface area contributed by atoms with Crippen LogP contribution in [0.2, 0.25) is 0 Å². The van der Waals surface area contributed by atoms with Crippen LogP contribution in [-0.2, 0) is 16.7 Å². The molecule has 1 aliphatic rings. The normalized spacial score (nSPS) is 19.2. The Morgan fingerprint density at radius 3 is 2.87 bits per heavy atom. The first-order valence-corrected chi connectivity index (χ1v) is 10.2. The fourth-order valence-electron chi connectivity index (χ4n) is 4.08. The molecule has 0 aromatic carbocycles. The van der Waals surface area contributed by atoms with Gasteiger partial charge >= 0.3 is 0 Å². The van der Waals surface area contributed by atoms with E-state index in [0.717, 1.165) is 18.4 Å². The quantitative estimate of drug-likeness (QED) is 0.590. The number of pyridine rings is 1. The minimum atomic E-state index is -0.421. The summed E-state index contributed by atoms with van der Waals surface area (Å²) in [5.74, 6) is 1.05. The molecule has 0 radical (unpaired) electrons. The van der Waals surface area contributed by atoms with Gasteiger partial charge in [-0.2, -0.15) is 10.1 Å². The van der Waals surface area contributed by atoms with E-state index in [2.05, 4.69) is 15.2 Å². The van der Waals surface area contributed by atoms with Crippen molar-refractivity contribution in [3.63, 3.8) is 0 Å². The highest BCUT2D eigenvalue weighted by Crippen LogP contribution is 2.37. The molecule has 1 saturated heterocycles. The van der Waals surface area contributed by atoms with Crippen molar-refractivity contribution < 1.29 is 14.1 Å². The predicted octanol–water partition coefficient (Wildman–Crippen LogP) is 2.56. The fraction of sp³-hybridized carbons (Fsp3) is 0.476. The summed E-state index contributed by atoms with van der Waals surface area (Å²) in [5, 5.41) is 8.55. The number of methoxy groups -OCH3 is 1. The molecular weight excluding hydrogens is 384 g/mol. The molecule has 158 valence electrons. The number of aromatic nitrogens is 5. The summed E-state index contributed by atoms with van der Waals surface area (Å²) in [7, 11) is 1.68. The van der Waals surface area contributed by atoms with Crippen molar-refractivity contribution in [1.29, 1.82) is 0 Å². The molecule has 1 atom stereocenters. The lowest BCUT2D eigenvalue weighted by Gasteiger charge is -2.40. The molecule has 1 aliphatic heterocycles. The lowest BCUT2D eigenvalue weighted by molar-refractivity contribution is 0.0555. The van der Waals surface area contributed by atoms with E-state index in [4.69, 9.17) is 14.2 Å². The van der Waals surface area contributed by atoms with Crippen LogP contribution in [0.15, 0.2) is 41.3 Å². The monoisotopic (exact) mass is 410 g/mol. The third-order valence-electron chi connectivity index (χ3n) is 5.71. The average molecular weight is 410 g/mol. The van der Waals surface area contributed by atoms with Gasteiger partial charge in [-0.15, -0.1) is 0 Å². The van der Waals surface area contributed by atoms with Crippen molar-refractivity contribution >= 4 is 5.91 Å². The average Bonchev–Trinajstić information content (AvgIpc) is 3.48. The minimum Gasteiger partial charge on any atom is -0.385 e. The van der Waals surface area contributed by atoms with Gasteiger partial charge in [0.2, 0.25) is 0 Å². The number of nitrogens with zero attached hydrogens (tertiary/aromatic N) is 6. The Morgan fingerprint density at radius 1 is 1.27 bits per heavy atom. The number of rotatable bonds is 7. The number of ether oxygens (including phenoxy) is 1. The zero-order chi connectivity index (χ0) is 21.0. The zero-order valence-electron chi connectivity index (χ0n) is 17.3. The van der Waals surface area contributed by atoms with Crippen molar-refractivity contribution in [2.45, 2.75) is 38.1 Å². The highest BCUT2D eigenvalue weighted by Gasteiger charge is 2.42. The predicted molar refractivity (Wildman–Crippen MR) is 109 cm³/mol. The second kappa shape index (κ2) is 8.74. The van der Waals surface area contributed by atoms with Gasteiger partial charge in [-0.25, -0.2) is 0 Å². The number of amides is 1. The van der Waals surface area contributed by atoms with Crippen LogP contribution in [0.3, 0.4) is 0 Å². The summed E-state index contributed by atoms with van der Waals surface area (Å²) in [6, 6.07) is 5.44. The van der Waals surface area contributed by atoms with E-state index in [1.165, 1.54) is 0 Å². The van der Waals surface area contributed by atoms with Gasteiger partial charge in [0.05, 0.1) is 5.41 Å². The molecule has 30 heavy (non-hydrogen) atoms. The molecule has 3 aromatic heterocycles. The number of hydrogen-bond donors (Lipinski definition) is 0. The molecule has 4 rings (SSSR count). The maximum absolute atomic E-state index is 13.2. The topological polar surface area (TPSA) is 99.2 Å². The number of carbonyl (C=O) groups excluding carboxylic acids is 1. The van der Waals surface area contributed by atoms with Gasteiger partial charge in [0.25, 0.3) is 11.8 Å². The highest BCUT2D eigenvalue weighted by atomic mass is 16.5. The second-order valence-electron chi connectivity index (χ2n) is 7.54. The van der Waals surface area contributed by atoms with Gasteiger partial charge < -0.3 is 14.2 Å². The van der Waals surface area contributed by atoms with E-state index in [0.29, 0.717) is 50.1 Å². The molecule has 0 saturated carbocycles. The van der Waals surface area contributed by atoms with Gasteiger partial charge in [0.15, 0.2) is 5.82 Å². The van der Waals surface area contributed by atoms with Crippen LogP contribution in [0.4, 0.5) is 0 Å². The molecule has 9 nitrogen and oxygen atoms in total. The first-order chi connectivity index (χ1) is 14.7. The third-order valence-corrected chi connectivity index (χ3v) is 5.71. The molecule has 4 heterocycles. The van der Waals surface area contributed by atoms with Crippen molar-refractivity contribution in [3.05, 3.63) is 48.3 Å². The maximum Gasteiger partial charge on any atom is 0.272 e. The van der Waals surface area contributed by atoms with E-state index >= 15 is 0 Å². The van der Waals surface area contributed by atoms with Crippen molar-refractivity contribution in [1.82, 2.24) is 29.8 Å². The summed E-state index contributed by atoms with van der Waals surface area (Å²) in [6.07, 6.45) is 7.47. The Bertz CT molecular complexity index is 986. The van der Waals surface area contributed by atoms with Crippen LogP contribution < -0.4 is 0 Å². The number of piperidine rings is 1. The molecule has 1 amide bonds. The largest absolute Gasteiger partial charge is 0.385 e. The maximum atomic E-state index is 13.2. The SMILES string of the molecule is CCn1nccc1C(=O)N1CCCC(CCOC)(c2noc(-c3ccncc3)n2)C1. The van der Waals surface area contributed by atoms with Crippen LogP contribution in [0.5, 0.6) is 0 Å². The van der Waals surface area contributed by atoms with E-state index < -0.39 is 5.41 Å². The smallest absolute Gasteiger partial charge is 0.272 e. The van der Waals surface area contributed by atoms with E-state index in [1.54, 1.807) is 36.4 Å². The zero-order valence-corrected chi connectivity index (χ0v) is 17.3. The van der Waals surface area contributed by atoms with Crippen molar-refractivity contribution in [2.75, 3.05) is 26.8 Å². The van der Waals surface area contributed by atoms with Crippen LogP contribution in [0.1, 0.15) is 42.5 Å². The Hall–Kier alpha value is -3.07. The summed E-state index contributed by atoms with van der Waals surface area (Å²) >= 11 is 0. The molecule has 1 unspecified atom stereocenters. The molecule has 0 spiro atoms. The number of hydrogen-bond acceptors (Lipinski definition) is 7. The Balaban J connectivity index is 1.63. The van der Waals surface area contributed by atoms with E-state index in [1.807, 2.05) is 24.0 Å². The van der Waals surface area contributed by atoms with E-state index in [-0.39, 0.29) is 5.91 Å². The first kappa shape index (κ1) is 20.2. The van der Waals surface area contributed by atoms with Gasteiger partial charge in [0.1, 0.15) is 5.69 Å². The minimum absolute atomic E-state index is 0.0197. The van der Waals surface area contributed by atoms with Crippen LogP contribution in [0, 0.1) is 0 Å². The molecule has 0 aliphatic carbocycles. The Morgan fingerprint density at radius 2 is 2.10 bits per heavy atom. The van der Waals surface area contributed by atoms with Crippen molar-refractivity contribution in [2.24, 2.45) is 0 Å². The van der Waals surface area contributed by atoms with Gasteiger partial charge in [0, 0.05) is 57.5 Å². The van der Waals surface area contributed by atoms with Crippen LogP contribution >= 0.6 is 0 Å². The number of likely N-dealkylation sites (tertiary alicyclic amines) is 1. The summed E-state index contributed by atoms with van der Waals surface area (Å²) in [4.78, 5) is 23.8. The summed E-state index contributed by atoms with van der Waals surface area (Å²) < 4.78 is 12.7. The van der Waals surface area contributed by atoms with Crippen LogP contribution in [0.25, 0.3) is 11.5 Å². The van der Waals surface area contributed by atoms with Gasteiger partial charge in [-0.3, -0.25) is 14.5 Å².